The van der Waals surface area contributed by atoms with Crippen molar-refractivity contribution in [2.45, 2.75) is 114 Å². The van der Waals surface area contributed by atoms with Gasteiger partial charge in [0.1, 0.15) is 0 Å². The summed E-state index contributed by atoms with van der Waals surface area (Å²) in [4.78, 5) is 0. The molecule has 3 fully saturated rings. The van der Waals surface area contributed by atoms with Crippen LogP contribution in [0.3, 0.4) is 0 Å². The minimum Gasteiger partial charge on any atom is -0.0971 e. The van der Waals surface area contributed by atoms with E-state index in [4.69, 9.17) is 0 Å². The fourth-order valence-electron chi connectivity index (χ4n) is 5.65. The summed E-state index contributed by atoms with van der Waals surface area (Å²) in [5.74, 6) is 2.11. The molecular weight excluding hydrogens is 271 g/mol. The van der Waals surface area contributed by atoms with Gasteiger partial charge in [-0.2, -0.15) is 0 Å². The largest absolute Gasteiger partial charge is 0.0971 e. The van der Waals surface area contributed by atoms with Crippen LogP contribution in [0.2, 0.25) is 0 Å². The van der Waals surface area contributed by atoms with Gasteiger partial charge < -0.3 is 0 Å². The normalized spacial score (nSPS) is 34.4. The van der Waals surface area contributed by atoms with E-state index >= 15 is 0 Å². The molecule has 3 aliphatic carbocycles. The van der Waals surface area contributed by atoms with Crippen LogP contribution in [0.5, 0.6) is 0 Å². The van der Waals surface area contributed by atoms with Gasteiger partial charge in [0.25, 0.3) is 0 Å². The highest BCUT2D eigenvalue weighted by atomic mass is 31.1. The smallest absolute Gasteiger partial charge is 0.0204 e. The molecule has 21 heavy (non-hydrogen) atoms. The minimum absolute atomic E-state index is 0.312. The van der Waals surface area contributed by atoms with Crippen LogP contribution in [0.1, 0.15) is 97.3 Å². The van der Waals surface area contributed by atoms with E-state index in [1.807, 2.05) is 0 Å². The lowest BCUT2D eigenvalue weighted by Crippen LogP contribution is -2.28. The van der Waals surface area contributed by atoms with Crippen molar-refractivity contribution in [3.63, 3.8) is 0 Å². The fourth-order valence-corrected chi connectivity index (χ4v) is 10.3. The lowest BCUT2D eigenvalue weighted by Gasteiger charge is -2.44. The van der Waals surface area contributed by atoms with Crippen molar-refractivity contribution in [3.8, 4) is 0 Å². The van der Waals surface area contributed by atoms with E-state index in [2.05, 4.69) is 13.8 Å². The quantitative estimate of drug-likeness (QED) is 0.492. The summed E-state index contributed by atoms with van der Waals surface area (Å²) in [5.41, 5.74) is 3.39. The Morgan fingerprint density at radius 3 is 1.67 bits per heavy atom. The Hall–Kier alpha value is 0.430. The number of hydrogen-bond acceptors (Lipinski definition) is 0. The van der Waals surface area contributed by atoms with E-state index < -0.39 is 0 Å². The average Bonchev–Trinajstić information content (AvgIpc) is 2.96. The van der Waals surface area contributed by atoms with Crippen molar-refractivity contribution < 1.29 is 0 Å². The third-order valence-electron chi connectivity index (χ3n) is 6.88. The van der Waals surface area contributed by atoms with Crippen LogP contribution in [0.15, 0.2) is 0 Å². The molecule has 0 aromatic rings. The average molecular weight is 308 g/mol. The summed E-state index contributed by atoms with van der Waals surface area (Å²) in [6.45, 7) is 5.19. The Labute approximate surface area is 134 Å². The first-order chi connectivity index (χ1) is 10.3. The topological polar surface area (TPSA) is 0 Å². The van der Waals surface area contributed by atoms with Crippen molar-refractivity contribution in [1.29, 1.82) is 0 Å². The molecule has 0 aromatic heterocycles. The molecule has 3 atom stereocenters. The second kappa shape index (κ2) is 7.81. The summed E-state index contributed by atoms with van der Waals surface area (Å²) >= 11 is 0. The first-order valence-electron chi connectivity index (χ1n) is 10.0. The number of hydrogen-bond donors (Lipinski definition) is 0. The molecule has 0 N–H and O–H groups in total. The van der Waals surface area contributed by atoms with Crippen LogP contribution >= 0.6 is 7.92 Å². The van der Waals surface area contributed by atoms with Gasteiger partial charge in [-0.1, -0.05) is 66.7 Å². The highest BCUT2D eigenvalue weighted by Crippen LogP contribution is 2.62. The zero-order valence-electron chi connectivity index (χ0n) is 14.5. The van der Waals surface area contributed by atoms with E-state index in [0.29, 0.717) is 7.92 Å². The second-order valence-electron chi connectivity index (χ2n) is 8.45. The van der Waals surface area contributed by atoms with Crippen molar-refractivity contribution in [3.05, 3.63) is 0 Å². The monoisotopic (exact) mass is 308 g/mol. The molecule has 1 heteroatoms. The minimum atomic E-state index is 0.312. The molecule has 122 valence electrons. The fraction of sp³-hybridized carbons (Fsp3) is 1.00. The summed E-state index contributed by atoms with van der Waals surface area (Å²) in [5, 5.41) is 0. The summed E-state index contributed by atoms with van der Waals surface area (Å²) in [6.07, 6.45) is 20.2. The van der Waals surface area contributed by atoms with Gasteiger partial charge in [0.15, 0.2) is 0 Å². The Kier molecular flexibility index (Phi) is 6.06. The molecule has 3 rings (SSSR count). The molecule has 3 aliphatic rings. The van der Waals surface area contributed by atoms with E-state index in [0.717, 1.165) is 28.8 Å². The van der Waals surface area contributed by atoms with Crippen LogP contribution in [0.25, 0.3) is 0 Å². The summed E-state index contributed by atoms with van der Waals surface area (Å²) < 4.78 is 0. The second-order valence-corrected chi connectivity index (χ2v) is 11.6. The lowest BCUT2D eigenvalue weighted by molar-refractivity contribution is 0.460. The van der Waals surface area contributed by atoms with Gasteiger partial charge in [0.2, 0.25) is 0 Å². The van der Waals surface area contributed by atoms with E-state index in [-0.39, 0.29) is 0 Å². The third-order valence-corrected chi connectivity index (χ3v) is 11.0. The van der Waals surface area contributed by atoms with Crippen LogP contribution in [-0.4, -0.2) is 17.0 Å². The van der Waals surface area contributed by atoms with Crippen molar-refractivity contribution >= 4 is 7.92 Å². The van der Waals surface area contributed by atoms with E-state index in [1.54, 1.807) is 64.2 Å². The predicted octanol–water partition coefficient (Wildman–Crippen LogP) is 6.96. The molecule has 0 aliphatic heterocycles. The zero-order chi connectivity index (χ0) is 14.7. The van der Waals surface area contributed by atoms with Gasteiger partial charge in [-0.25, -0.2) is 0 Å². The van der Waals surface area contributed by atoms with Crippen LogP contribution in [0, 0.1) is 11.8 Å². The van der Waals surface area contributed by atoms with Gasteiger partial charge >= 0.3 is 0 Å². The van der Waals surface area contributed by atoms with Crippen LogP contribution in [0.4, 0.5) is 0 Å². The Bertz CT molecular complexity index is 283. The molecule has 0 radical (unpaired) electrons. The zero-order valence-corrected chi connectivity index (χ0v) is 15.4. The van der Waals surface area contributed by atoms with Crippen molar-refractivity contribution in [2.75, 3.05) is 0 Å². The first-order valence-corrected chi connectivity index (χ1v) is 11.6. The highest BCUT2D eigenvalue weighted by Gasteiger charge is 2.39. The van der Waals surface area contributed by atoms with Crippen LogP contribution < -0.4 is 0 Å². The molecule has 0 spiro atoms. The maximum absolute atomic E-state index is 2.69. The van der Waals surface area contributed by atoms with E-state index in [9.17, 15) is 0 Å². The lowest BCUT2D eigenvalue weighted by atomic mass is 9.99. The van der Waals surface area contributed by atoms with Gasteiger partial charge in [-0.15, -0.1) is 0 Å². The Morgan fingerprint density at radius 1 is 0.714 bits per heavy atom. The van der Waals surface area contributed by atoms with Gasteiger partial charge in [0, 0.05) is 0 Å². The van der Waals surface area contributed by atoms with Gasteiger partial charge in [-0.3, -0.25) is 0 Å². The summed E-state index contributed by atoms with van der Waals surface area (Å²) in [7, 11) is 0.312. The van der Waals surface area contributed by atoms with Crippen molar-refractivity contribution in [2.24, 2.45) is 11.8 Å². The molecule has 0 bridgehead atoms. The molecular formula is C20H37P. The third kappa shape index (κ3) is 4.04. The maximum atomic E-state index is 2.69. The Morgan fingerprint density at radius 2 is 1.24 bits per heavy atom. The molecule has 3 saturated carbocycles. The van der Waals surface area contributed by atoms with E-state index in [1.165, 1.54) is 19.3 Å². The molecule has 0 aromatic carbocycles. The number of rotatable bonds is 4. The van der Waals surface area contributed by atoms with Crippen molar-refractivity contribution in [1.82, 2.24) is 0 Å². The first kappa shape index (κ1) is 16.3. The summed E-state index contributed by atoms with van der Waals surface area (Å²) in [6, 6.07) is 0. The maximum Gasteiger partial charge on any atom is -0.0204 e. The molecule has 0 heterocycles. The van der Waals surface area contributed by atoms with Gasteiger partial charge in [0.05, 0.1) is 0 Å². The van der Waals surface area contributed by atoms with Crippen LogP contribution in [-0.2, 0) is 0 Å². The highest BCUT2D eigenvalue weighted by molar-refractivity contribution is 7.59. The molecule has 0 amide bonds. The molecule has 0 nitrogen and oxygen atoms in total. The SMILES string of the molecule is CC1CCC([C@@H](C)P(C2CCCCC2)C2CCCCC2)C1. The predicted molar refractivity (Wildman–Crippen MR) is 96.6 cm³/mol. The molecule has 0 saturated heterocycles. The molecule has 2 unspecified atom stereocenters. The van der Waals surface area contributed by atoms with Gasteiger partial charge in [-0.05, 0) is 67.3 Å². The standard InChI is InChI=1S/C20H37P/c1-16-13-14-18(15-16)17(2)21(19-9-5-3-6-10-19)20-11-7-4-8-12-20/h16-20H,3-15H2,1-2H3/t16?,17-,18?/m1/s1. The Balaban J connectivity index is 1.70.